The summed E-state index contributed by atoms with van der Waals surface area (Å²) in [7, 11) is 1.80. The van der Waals surface area contributed by atoms with Gasteiger partial charge in [-0.3, -0.25) is 0 Å². The smallest absolute Gasteiger partial charge is 0.155 e. The summed E-state index contributed by atoms with van der Waals surface area (Å²) >= 11 is 7.16. The third kappa shape index (κ3) is 3.45. The van der Waals surface area contributed by atoms with E-state index in [0.29, 0.717) is 27.1 Å². The maximum Gasteiger partial charge on any atom is 0.155 e. The van der Waals surface area contributed by atoms with E-state index in [4.69, 9.17) is 17.3 Å². The summed E-state index contributed by atoms with van der Waals surface area (Å²) in [6, 6.07) is 7.57. The van der Waals surface area contributed by atoms with Crippen molar-refractivity contribution in [3.63, 3.8) is 0 Å². The Balaban J connectivity index is 1.70. The van der Waals surface area contributed by atoms with Crippen LogP contribution in [0.3, 0.4) is 0 Å². The first kappa shape index (κ1) is 20.4. The third-order valence-corrected chi connectivity index (χ3v) is 6.08. The average molecular weight is 448 g/mol. The van der Waals surface area contributed by atoms with E-state index < -0.39 is 18.2 Å². The van der Waals surface area contributed by atoms with E-state index in [1.165, 1.54) is 18.5 Å². The number of nitrogens with two attached hydrogens (primary N) is 1. The molecule has 2 heterocycles. The second-order valence-corrected chi connectivity index (χ2v) is 7.70. The highest BCUT2D eigenvalue weighted by Crippen LogP contribution is 2.38. The van der Waals surface area contributed by atoms with Crippen molar-refractivity contribution in [3.05, 3.63) is 65.1 Å². The molecule has 0 fully saturated rings. The van der Waals surface area contributed by atoms with Crippen LogP contribution in [-0.2, 0) is 13.7 Å². The van der Waals surface area contributed by atoms with Gasteiger partial charge in [-0.25, -0.2) is 18.7 Å². The van der Waals surface area contributed by atoms with Gasteiger partial charge in [0.25, 0.3) is 0 Å². The van der Waals surface area contributed by atoms with Gasteiger partial charge in [0.05, 0.1) is 22.7 Å². The zero-order valence-corrected chi connectivity index (χ0v) is 17.2. The summed E-state index contributed by atoms with van der Waals surface area (Å²) in [4.78, 5) is 8.68. The molecule has 6 nitrogen and oxygen atoms in total. The molecule has 2 aromatic carbocycles. The van der Waals surface area contributed by atoms with Crippen LogP contribution >= 0.6 is 23.5 Å². The van der Waals surface area contributed by atoms with Gasteiger partial charge in [-0.05, 0) is 30.1 Å². The third-order valence-electron chi connectivity index (χ3n) is 4.65. The number of fused-ring (bicyclic) bond motifs is 1. The van der Waals surface area contributed by atoms with Crippen LogP contribution in [-0.4, -0.2) is 19.6 Å². The number of aliphatic hydroxyl groups is 1. The topological polar surface area (TPSA) is 89.0 Å². The zero-order chi connectivity index (χ0) is 21.4. The van der Waals surface area contributed by atoms with E-state index in [2.05, 4.69) is 14.7 Å². The van der Waals surface area contributed by atoms with E-state index in [1.54, 1.807) is 36.0 Å². The Labute approximate surface area is 179 Å². The van der Waals surface area contributed by atoms with Gasteiger partial charge in [0.2, 0.25) is 0 Å². The van der Waals surface area contributed by atoms with E-state index in [9.17, 15) is 9.50 Å². The molecule has 0 atom stereocenters. The van der Waals surface area contributed by atoms with Gasteiger partial charge in [-0.1, -0.05) is 23.7 Å². The highest BCUT2D eigenvalue weighted by atomic mass is 35.5. The van der Waals surface area contributed by atoms with Gasteiger partial charge in [0.1, 0.15) is 23.6 Å². The highest BCUT2D eigenvalue weighted by molar-refractivity contribution is 8.00. The number of aryl methyl sites for hydroxylation is 1. The quantitative estimate of drug-likeness (QED) is 0.382. The van der Waals surface area contributed by atoms with Crippen molar-refractivity contribution in [2.75, 3.05) is 10.5 Å². The van der Waals surface area contributed by atoms with Crippen molar-refractivity contribution >= 4 is 46.1 Å². The monoisotopic (exact) mass is 447 g/mol. The lowest BCUT2D eigenvalue weighted by Crippen LogP contribution is -1.97. The average Bonchev–Trinajstić information content (AvgIpc) is 3.06. The summed E-state index contributed by atoms with van der Waals surface area (Å²) in [6.07, 6.45) is 3.11. The Hall–Kier alpha value is -2.88. The summed E-state index contributed by atoms with van der Waals surface area (Å²) in [5, 5.41) is 9.93. The number of benzene rings is 2. The van der Waals surface area contributed by atoms with Crippen LogP contribution in [0.25, 0.3) is 22.2 Å². The van der Waals surface area contributed by atoms with Gasteiger partial charge in [0.15, 0.2) is 5.82 Å². The maximum atomic E-state index is 15.3. The van der Waals surface area contributed by atoms with Gasteiger partial charge in [-0.15, -0.1) is 0 Å². The fourth-order valence-electron chi connectivity index (χ4n) is 3.17. The molecular formula is C20H16ClF2N5OS. The van der Waals surface area contributed by atoms with Crippen molar-refractivity contribution in [2.24, 2.45) is 7.05 Å². The number of hydrogen-bond donors (Lipinski definition) is 3. The van der Waals surface area contributed by atoms with Crippen LogP contribution < -0.4 is 10.5 Å². The number of anilines is 2. The van der Waals surface area contributed by atoms with E-state index >= 15 is 4.39 Å². The number of aromatic nitrogens is 3. The van der Waals surface area contributed by atoms with Crippen molar-refractivity contribution in [1.82, 2.24) is 14.5 Å². The van der Waals surface area contributed by atoms with E-state index in [1.807, 2.05) is 0 Å². The van der Waals surface area contributed by atoms with E-state index in [0.717, 1.165) is 11.9 Å². The largest absolute Gasteiger partial charge is 0.392 e. The van der Waals surface area contributed by atoms with Crippen LogP contribution in [0.4, 0.5) is 20.3 Å². The van der Waals surface area contributed by atoms with Crippen LogP contribution in [0, 0.1) is 11.6 Å². The Morgan fingerprint density at radius 3 is 2.77 bits per heavy atom. The van der Waals surface area contributed by atoms with Crippen molar-refractivity contribution in [1.29, 1.82) is 0 Å². The molecule has 154 valence electrons. The van der Waals surface area contributed by atoms with Gasteiger partial charge < -0.3 is 20.1 Å². The fourth-order valence-corrected chi connectivity index (χ4v) is 4.22. The lowest BCUT2D eigenvalue weighted by Gasteiger charge is -2.12. The second kappa shape index (κ2) is 8.10. The van der Waals surface area contributed by atoms with Crippen LogP contribution in [0.2, 0.25) is 5.02 Å². The molecule has 4 rings (SSSR count). The van der Waals surface area contributed by atoms with Crippen molar-refractivity contribution in [2.45, 2.75) is 11.5 Å². The molecule has 10 heteroatoms. The number of nitrogen functional groups attached to an aromatic ring is 1. The molecule has 0 aliphatic carbocycles. The lowest BCUT2D eigenvalue weighted by atomic mass is 10.0. The minimum absolute atomic E-state index is 0.0103. The predicted molar refractivity (Wildman–Crippen MR) is 115 cm³/mol. The molecule has 0 saturated carbocycles. The normalized spacial score (nSPS) is 11.2. The number of nitrogens with zero attached hydrogens (tertiary/aromatic N) is 3. The molecule has 0 bridgehead atoms. The molecule has 0 spiro atoms. The molecule has 0 amide bonds. The number of aliphatic hydroxyl groups excluding tert-OH is 1. The molecular weight excluding hydrogens is 432 g/mol. The molecule has 4 N–H and O–H groups in total. The SMILES string of the molecule is Cn1cc(-c2cccc(NSc3ccc(F)c(CO)c3Cl)c2F)c2c(N)ncnc21. The second-order valence-electron chi connectivity index (χ2n) is 6.48. The molecule has 30 heavy (non-hydrogen) atoms. The molecule has 0 aliphatic rings. The van der Waals surface area contributed by atoms with Gasteiger partial charge in [0, 0.05) is 34.8 Å². The summed E-state index contributed by atoms with van der Waals surface area (Å²) < 4.78 is 33.7. The standard InChI is InChI=1S/C20H16ClF2N5OS/c1-28-7-11(16-19(24)25-9-26-20(16)28)10-3-2-4-14(18(10)23)27-30-15-6-5-13(22)12(8-29)17(15)21/h2-7,9,27,29H,8H2,1H3,(H2,24,25,26). The molecule has 4 aromatic rings. The van der Waals surface area contributed by atoms with Gasteiger partial charge in [-0.2, -0.15) is 0 Å². The Morgan fingerprint density at radius 2 is 2.00 bits per heavy atom. The van der Waals surface area contributed by atoms with Gasteiger partial charge >= 0.3 is 0 Å². The number of rotatable bonds is 5. The fraction of sp³-hybridized carbons (Fsp3) is 0.100. The highest BCUT2D eigenvalue weighted by Gasteiger charge is 2.19. The first-order valence-electron chi connectivity index (χ1n) is 8.77. The van der Waals surface area contributed by atoms with Crippen LogP contribution in [0.15, 0.2) is 47.8 Å². The first-order valence-corrected chi connectivity index (χ1v) is 9.96. The Bertz CT molecular complexity index is 1260. The Kier molecular flexibility index (Phi) is 5.50. The van der Waals surface area contributed by atoms with Crippen molar-refractivity contribution < 1.29 is 13.9 Å². The minimum atomic E-state index is -0.601. The summed E-state index contributed by atoms with van der Waals surface area (Å²) in [6.45, 7) is -0.534. The summed E-state index contributed by atoms with van der Waals surface area (Å²) in [5.74, 6) is -0.838. The molecule has 0 radical (unpaired) electrons. The Morgan fingerprint density at radius 1 is 1.20 bits per heavy atom. The predicted octanol–water partition coefficient (Wildman–Crippen LogP) is 4.76. The minimum Gasteiger partial charge on any atom is -0.392 e. The molecule has 0 aliphatic heterocycles. The van der Waals surface area contributed by atoms with E-state index in [-0.39, 0.29) is 22.1 Å². The molecule has 0 saturated heterocycles. The zero-order valence-electron chi connectivity index (χ0n) is 15.7. The lowest BCUT2D eigenvalue weighted by molar-refractivity contribution is 0.275. The molecule has 0 unspecified atom stereocenters. The number of halogens is 3. The van der Waals surface area contributed by atoms with Crippen LogP contribution in [0.5, 0.6) is 0 Å². The first-order chi connectivity index (χ1) is 14.4. The number of hydrogen-bond acceptors (Lipinski definition) is 6. The maximum absolute atomic E-state index is 15.3. The van der Waals surface area contributed by atoms with Crippen LogP contribution in [0.1, 0.15) is 5.56 Å². The van der Waals surface area contributed by atoms with Crippen molar-refractivity contribution in [3.8, 4) is 11.1 Å². The summed E-state index contributed by atoms with van der Waals surface area (Å²) in [5.41, 5.74) is 7.70. The number of nitrogens with one attached hydrogen (secondary N) is 1. The molecule has 2 aromatic heterocycles.